The van der Waals surface area contributed by atoms with Gasteiger partial charge in [-0.3, -0.25) is 0 Å². The Kier molecular flexibility index (Phi) is 5.94. The van der Waals surface area contributed by atoms with Crippen LogP contribution in [-0.4, -0.2) is 18.7 Å². The molecule has 7 heteroatoms. The van der Waals surface area contributed by atoms with Gasteiger partial charge in [0.1, 0.15) is 11.1 Å². The van der Waals surface area contributed by atoms with Gasteiger partial charge in [-0.15, -0.1) is 22.7 Å². The summed E-state index contributed by atoms with van der Waals surface area (Å²) in [6.07, 6.45) is 1.75. The molecule has 0 spiro atoms. The number of ether oxygens (including phenoxy) is 2. The van der Waals surface area contributed by atoms with E-state index in [4.69, 9.17) is 21.1 Å². The van der Waals surface area contributed by atoms with Gasteiger partial charge in [-0.25, -0.2) is 4.98 Å². The third kappa shape index (κ3) is 3.91. The molecule has 0 aliphatic carbocycles. The maximum Gasteiger partial charge on any atom is 0.179 e. The highest BCUT2D eigenvalue weighted by Crippen LogP contribution is 2.37. The zero-order valence-electron chi connectivity index (χ0n) is 14.2. The van der Waals surface area contributed by atoms with E-state index in [1.165, 1.54) is 11.3 Å². The van der Waals surface area contributed by atoms with Gasteiger partial charge in [0.2, 0.25) is 0 Å². The van der Waals surface area contributed by atoms with Crippen molar-refractivity contribution in [3.05, 3.63) is 50.6 Å². The standard InChI is InChI=1S/C19H15ClN2O2S2/c1-3-24-16-9-12(8-14(20)18(16)23-2)7-13(10-21)19-22-15(11-26-19)17-5-4-6-25-17/h4-9,11H,3H2,1-2H3/b13-7-. The summed E-state index contributed by atoms with van der Waals surface area (Å²) in [7, 11) is 1.54. The van der Waals surface area contributed by atoms with Gasteiger partial charge in [0, 0.05) is 5.38 Å². The van der Waals surface area contributed by atoms with E-state index in [0.717, 1.165) is 16.1 Å². The smallest absolute Gasteiger partial charge is 0.179 e. The van der Waals surface area contributed by atoms with Gasteiger partial charge in [0.25, 0.3) is 0 Å². The monoisotopic (exact) mass is 402 g/mol. The van der Waals surface area contributed by atoms with E-state index < -0.39 is 0 Å². The van der Waals surface area contributed by atoms with Crippen LogP contribution >= 0.6 is 34.3 Å². The second-order valence-electron chi connectivity index (χ2n) is 5.15. The van der Waals surface area contributed by atoms with Gasteiger partial charge < -0.3 is 9.47 Å². The normalized spacial score (nSPS) is 11.2. The summed E-state index contributed by atoms with van der Waals surface area (Å²) in [6.45, 7) is 2.37. The molecule has 2 aromatic heterocycles. The first-order chi connectivity index (χ1) is 12.7. The molecule has 3 aromatic rings. The molecule has 0 aliphatic rings. The molecule has 3 rings (SSSR count). The van der Waals surface area contributed by atoms with Crippen LogP contribution in [0.1, 0.15) is 17.5 Å². The molecule has 132 valence electrons. The number of nitriles is 1. The fraction of sp³-hybridized carbons (Fsp3) is 0.158. The largest absolute Gasteiger partial charge is 0.491 e. The molecule has 0 fully saturated rings. The summed E-state index contributed by atoms with van der Waals surface area (Å²) >= 11 is 9.35. The number of allylic oxidation sites excluding steroid dienone is 1. The van der Waals surface area contributed by atoms with Gasteiger partial charge in [0.15, 0.2) is 11.5 Å². The minimum atomic E-state index is 0.431. The molecule has 1 aromatic carbocycles. The molecule has 0 amide bonds. The van der Waals surface area contributed by atoms with Crippen molar-refractivity contribution in [2.45, 2.75) is 6.92 Å². The molecule has 0 atom stereocenters. The van der Waals surface area contributed by atoms with Crippen LogP contribution in [0, 0.1) is 11.3 Å². The van der Waals surface area contributed by atoms with E-state index >= 15 is 0 Å². The zero-order valence-corrected chi connectivity index (χ0v) is 16.5. The highest BCUT2D eigenvalue weighted by molar-refractivity contribution is 7.14. The molecule has 0 N–H and O–H groups in total. The van der Waals surface area contributed by atoms with Crippen LogP contribution in [0.3, 0.4) is 0 Å². The van der Waals surface area contributed by atoms with Crippen LogP contribution in [0.2, 0.25) is 5.02 Å². The van der Waals surface area contributed by atoms with Crippen molar-refractivity contribution >= 4 is 45.9 Å². The van der Waals surface area contributed by atoms with Gasteiger partial charge in [-0.1, -0.05) is 17.7 Å². The average molecular weight is 403 g/mol. The minimum Gasteiger partial charge on any atom is -0.491 e. The lowest BCUT2D eigenvalue weighted by molar-refractivity contribution is 0.311. The molecule has 0 saturated carbocycles. The number of aromatic nitrogens is 1. The fourth-order valence-corrected chi connectivity index (χ4v) is 4.22. The fourth-order valence-electron chi connectivity index (χ4n) is 2.38. The third-order valence-electron chi connectivity index (χ3n) is 3.48. The van der Waals surface area contributed by atoms with Crippen LogP contribution in [0.15, 0.2) is 35.0 Å². The predicted molar refractivity (Wildman–Crippen MR) is 108 cm³/mol. The summed E-state index contributed by atoms with van der Waals surface area (Å²) in [5.74, 6) is 1.03. The second kappa shape index (κ2) is 8.37. The number of hydrogen-bond donors (Lipinski definition) is 0. The quantitative estimate of drug-likeness (QED) is 0.474. The number of rotatable bonds is 6. The summed E-state index contributed by atoms with van der Waals surface area (Å²) in [5.41, 5.74) is 2.11. The molecule has 0 bridgehead atoms. The molecule has 0 aliphatic heterocycles. The first-order valence-corrected chi connectivity index (χ1v) is 9.92. The number of halogens is 1. The zero-order chi connectivity index (χ0) is 18.5. The van der Waals surface area contributed by atoms with Crippen molar-refractivity contribution < 1.29 is 9.47 Å². The highest BCUT2D eigenvalue weighted by Gasteiger charge is 2.13. The molecule has 4 nitrogen and oxygen atoms in total. The topological polar surface area (TPSA) is 55.1 Å². The van der Waals surface area contributed by atoms with Crippen LogP contribution in [0.4, 0.5) is 0 Å². The molecule has 0 saturated heterocycles. The van der Waals surface area contributed by atoms with Crippen molar-refractivity contribution in [2.24, 2.45) is 0 Å². The lowest BCUT2D eigenvalue weighted by Crippen LogP contribution is -1.96. The number of benzene rings is 1. The van der Waals surface area contributed by atoms with Crippen molar-refractivity contribution in [2.75, 3.05) is 13.7 Å². The molecular formula is C19H15ClN2O2S2. The van der Waals surface area contributed by atoms with E-state index in [1.807, 2.05) is 29.8 Å². The summed E-state index contributed by atoms with van der Waals surface area (Å²) in [6, 6.07) is 9.76. The SMILES string of the molecule is CCOc1cc(/C=C(/C#N)c2nc(-c3cccs3)cs2)cc(Cl)c1OC. The Hall–Kier alpha value is -2.33. The van der Waals surface area contributed by atoms with E-state index in [2.05, 4.69) is 11.1 Å². The number of hydrogen-bond acceptors (Lipinski definition) is 6. The number of thiophene rings is 1. The minimum absolute atomic E-state index is 0.431. The number of methoxy groups -OCH3 is 1. The Bertz CT molecular complexity index is 972. The Morgan fingerprint density at radius 3 is 2.88 bits per heavy atom. The molecular weight excluding hydrogens is 388 g/mol. The molecule has 2 heterocycles. The molecule has 0 radical (unpaired) electrons. The lowest BCUT2D eigenvalue weighted by Gasteiger charge is -2.11. The van der Waals surface area contributed by atoms with Crippen molar-refractivity contribution in [3.8, 4) is 28.1 Å². The first-order valence-electron chi connectivity index (χ1n) is 7.78. The van der Waals surface area contributed by atoms with Gasteiger partial charge in [-0.2, -0.15) is 5.26 Å². The van der Waals surface area contributed by atoms with Crippen molar-refractivity contribution in [3.63, 3.8) is 0 Å². The third-order valence-corrected chi connectivity index (χ3v) is 5.52. The highest BCUT2D eigenvalue weighted by atomic mass is 35.5. The van der Waals surface area contributed by atoms with E-state index in [-0.39, 0.29) is 0 Å². The summed E-state index contributed by atoms with van der Waals surface area (Å²) in [5, 5.41) is 14.6. The maximum absolute atomic E-state index is 9.59. The number of thiazole rings is 1. The molecule has 0 unspecified atom stereocenters. The van der Waals surface area contributed by atoms with Crippen molar-refractivity contribution in [1.82, 2.24) is 4.98 Å². The average Bonchev–Trinajstić information content (AvgIpc) is 3.31. The van der Waals surface area contributed by atoms with Crippen LogP contribution in [-0.2, 0) is 0 Å². The van der Waals surface area contributed by atoms with Crippen LogP contribution in [0.5, 0.6) is 11.5 Å². The summed E-state index contributed by atoms with van der Waals surface area (Å²) < 4.78 is 10.9. The summed E-state index contributed by atoms with van der Waals surface area (Å²) in [4.78, 5) is 5.66. The Balaban J connectivity index is 1.98. The van der Waals surface area contributed by atoms with E-state index in [9.17, 15) is 5.26 Å². The molecule has 26 heavy (non-hydrogen) atoms. The Morgan fingerprint density at radius 1 is 1.38 bits per heavy atom. The Labute approximate surface area is 164 Å². The van der Waals surface area contributed by atoms with Crippen molar-refractivity contribution in [1.29, 1.82) is 5.26 Å². The maximum atomic E-state index is 9.59. The van der Waals surface area contributed by atoms with Gasteiger partial charge in [-0.05, 0) is 42.1 Å². The lowest BCUT2D eigenvalue weighted by atomic mass is 10.1. The van der Waals surface area contributed by atoms with E-state index in [1.54, 1.807) is 36.7 Å². The van der Waals surface area contributed by atoms with Gasteiger partial charge >= 0.3 is 0 Å². The van der Waals surface area contributed by atoms with Crippen LogP contribution in [0.25, 0.3) is 22.2 Å². The number of nitrogens with zero attached hydrogens (tertiary/aromatic N) is 2. The Morgan fingerprint density at radius 2 is 2.23 bits per heavy atom. The first kappa shape index (κ1) is 18.5. The van der Waals surface area contributed by atoms with Gasteiger partial charge in [0.05, 0.1) is 34.9 Å². The van der Waals surface area contributed by atoms with Crippen LogP contribution < -0.4 is 9.47 Å². The predicted octanol–water partition coefficient (Wildman–Crippen LogP) is 6.00. The van der Waals surface area contributed by atoms with E-state index in [0.29, 0.717) is 33.7 Å². The second-order valence-corrected chi connectivity index (χ2v) is 7.37.